The van der Waals surface area contributed by atoms with Gasteiger partial charge in [0.25, 0.3) is 11.1 Å². The van der Waals surface area contributed by atoms with Crippen LogP contribution in [0.25, 0.3) is 21.8 Å². The van der Waals surface area contributed by atoms with Crippen LogP contribution in [0.4, 0.5) is 4.79 Å². The Morgan fingerprint density at radius 1 is 1.09 bits per heavy atom. The topological polar surface area (TPSA) is 117 Å². The molecular weight excluding hydrogens is 448 g/mol. The van der Waals surface area contributed by atoms with Crippen LogP contribution in [-0.2, 0) is 6.54 Å². The number of fused-ring (bicyclic) bond motifs is 2. The highest BCUT2D eigenvalue weighted by Crippen LogP contribution is 2.17. The van der Waals surface area contributed by atoms with Crippen molar-refractivity contribution in [2.45, 2.75) is 20.4 Å². The molecule has 0 atom stereocenters. The van der Waals surface area contributed by atoms with Gasteiger partial charge in [0.1, 0.15) is 16.7 Å². The normalized spacial score (nSPS) is 11.1. The van der Waals surface area contributed by atoms with E-state index in [0.29, 0.717) is 34.9 Å². The van der Waals surface area contributed by atoms with Crippen LogP contribution >= 0.6 is 11.6 Å². The van der Waals surface area contributed by atoms with Gasteiger partial charge in [-0.2, -0.15) is 0 Å². The van der Waals surface area contributed by atoms with E-state index in [0.717, 1.165) is 4.68 Å². The van der Waals surface area contributed by atoms with Gasteiger partial charge < -0.3 is 14.6 Å². The summed E-state index contributed by atoms with van der Waals surface area (Å²) in [5.41, 5.74) is -0.965. The third kappa shape index (κ3) is 4.27. The molecule has 0 fully saturated rings. The summed E-state index contributed by atoms with van der Waals surface area (Å²) in [4.78, 5) is 55.3. The van der Waals surface area contributed by atoms with Crippen LogP contribution in [0.3, 0.4) is 0 Å². The van der Waals surface area contributed by atoms with Crippen molar-refractivity contribution in [1.82, 2.24) is 19.7 Å². The lowest BCUT2D eigenvalue weighted by Gasteiger charge is -2.18. The molecule has 2 aromatic carbocycles. The largest absolute Gasteiger partial charge is 0.415 e. The molecule has 0 bridgehead atoms. The van der Waals surface area contributed by atoms with E-state index in [-0.39, 0.29) is 22.8 Å². The van der Waals surface area contributed by atoms with Crippen LogP contribution in [0, 0.1) is 0 Å². The minimum atomic E-state index is -0.645. The van der Waals surface area contributed by atoms with E-state index in [1.165, 1.54) is 17.0 Å². The average molecular weight is 469 g/mol. The summed E-state index contributed by atoms with van der Waals surface area (Å²) in [6.45, 7) is 4.70. The smallest absolute Gasteiger partial charge is 0.410 e. The first-order chi connectivity index (χ1) is 15.8. The lowest BCUT2D eigenvalue weighted by atomic mass is 10.1. The number of nitrogens with one attached hydrogen (secondary N) is 2. The minimum absolute atomic E-state index is 0.0290. The average Bonchev–Trinajstić information content (AvgIpc) is 2.78. The number of halogens is 1. The van der Waals surface area contributed by atoms with Crippen molar-refractivity contribution in [3.63, 3.8) is 0 Å². The van der Waals surface area contributed by atoms with Crippen molar-refractivity contribution < 1.29 is 9.53 Å². The van der Waals surface area contributed by atoms with Crippen molar-refractivity contribution in [2.24, 2.45) is 0 Å². The number of hydrogen-bond donors (Lipinski definition) is 2. The predicted octanol–water partition coefficient (Wildman–Crippen LogP) is 3.07. The number of aromatic nitrogens is 3. The number of carbonyl (C=O) groups is 1. The van der Waals surface area contributed by atoms with Gasteiger partial charge in [-0.1, -0.05) is 23.7 Å². The van der Waals surface area contributed by atoms with Gasteiger partial charge in [-0.05, 0) is 49.7 Å². The molecule has 0 aliphatic heterocycles. The molecule has 10 heteroatoms. The Morgan fingerprint density at radius 3 is 2.58 bits per heavy atom. The molecule has 0 unspecified atom stereocenters. The lowest BCUT2D eigenvalue weighted by Crippen LogP contribution is -2.34. The lowest BCUT2D eigenvalue weighted by molar-refractivity contribution is 0.157. The van der Waals surface area contributed by atoms with Crippen LogP contribution < -0.4 is 21.3 Å². The van der Waals surface area contributed by atoms with E-state index < -0.39 is 22.6 Å². The maximum absolute atomic E-state index is 13.1. The molecule has 9 nitrogen and oxygen atoms in total. The zero-order valence-corrected chi connectivity index (χ0v) is 18.7. The van der Waals surface area contributed by atoms with E-state index in [4.69, 9.17) is 16.3 Å². The zero-order chi connectivity index (χ0) is 23.7. The molecular formula is C23H21ClN4O5. The molecule has 0 aliphatic rings. The molecule has 0 aliphatic carbocycles. The van der Waals surface area contributed by atoms with Gasteiger partial charge in [-0.3, -0.25) is 19.5 Å². The van der Waals surface area contributed by atoms with Gasteiger partial charge in [-0.25, -0.2) is 9.48 Å². The molecule has 0 saturated carbocycles. The summed E-state index contributed by atoms with van der Waals surface area (Å²) in [7, 11) is 0. The van der Waals surface area contributed by atoms with E-state index in [9.17, 15) is 19.2 Å². The first kappa shape index (κ1) is 22.3. The number of pyridine rings is 1. The molecule has 1 amide bonds. The highest BCUT2D eigenvalue weighted by molar-refractivity contribution is 6.31. The molecule has 170 valence electrons. The maximum atomic E-state index is 13.1. The van der Waals surface area contributed by atoms with Crippen LogP contribution in [-0.4, -0.2) is 38.8 Å². The number of aromatic amines is 2. The van der Waals surface area contributed by atoms with E-state index in [1.54, 1.807) is 30.3 Å². The Bertz CT molecular complexity index is 1550. The Labute approximate surface area is 192 Å². The fourth-order valence-corrected chi connectivity index (χ4v) is 3.82. The fourth-order valence-electron chi connectivity index (χ4n) is 3.65. The van der Waals surface area contributed by atoms with Gasteiger partial charge in [0, 0.05) is 23.5 Å². The van der Waals surface area contributed by atoms with Crippen molar-refractivity contribution >= 4 is 39.5 Å². The zero-order valence-electron chi connectivity index (χ0n) is 18.0. The second kappa shape index (κ2) is 8.95. The quantitative estimate of drug-likeness (QED) is 0.436. The monoisotopic (exact) mass is 468 g/mol. The van der Waals surface area contributed by atoms with E-state index in [2.05, 4.69) is 10.1 Å². The second-order valence-electron chi connectivity index (χ2n) is 7.41. The highest BCUT2D eigenvalue weighted by atomic mass is 35.5. The van der Waals surface area contributed by atoms with Crippen LogP contribution in [0.15, 0.2) is 56.8 Å². The number of ether oxygens (including phenoxy) is 1. The molecule has 4 rings (SSSR count). The van der Waals surface area contributed by atoms with Crippen molar-refractivity contribution in [2.75, 3.05) is 13.1 Å². The number of rotatable bonds is 5. The number of amides is 1. The first-order valence-corrected chi connectivity index (χ1v) is 10.7. The minimum Gasteiger partial charge on any atom is -0.410 e. The van der Waals surface area contributed by atoms with Crippen LogP contribution in [0.5, 0.6) is 5.75 Å². The first-order valence-electron chi connectivity index (χ1n) is 10.4. The number of nitrogens with zero attached hydrogens (tertiary/aromatic N) is 2. The third-order valence-electron chi connectivity index (χ3n) is 5.35. The van der Waals surface area contributed by atoms with Gasteiger partial charge in [0.05, 0.1) is 12.1 Å². The highest BCUT2D eigenvalue weighted by Gasteiger charge is 2.16. The van der Waals surface area contributed by atoms with E-state index >= 15 is 0 Å². The summed E-state index contributed by atoms with van der Waals surface area (Å²) in [5, 5.41) is 2.91. The standard InChI is InChI=1S/C23H21ClN4O5/c1-3-27(4-2)23(32)33-15-7-5-6-13(10-15)12-28-22(31)18-19(21(30)26-28)25-17-11-14(24)8-9-16(17)20(18)29/h5-11H,3-4,12H2,1-2H3,(H,25,29)(H,26,30). The Balaban J connectivity index is 1.74. The number of benzene rings is 2. The number of hydrogen-bond acceptors (Lipinski definition) is 5. The van der Waals surface area contributed by atoms with E-state index in [1.807, 2.05) is 13.8 Å². The maximum Gasteiger partial charge on any atom is 0.415 e. The van der Waals surface area contributed by atoms with Crippen molar-refractivity contribution in [3.8, 4) is 5.75 Å². The van der Waals surface area contributed by atoms with Gasteiger partial charge in [0.2, 0.25) is 5.43 Å². The molecule has 0 saturated heterocycles. The molecule has 2 heterocycles. The van der Waals surface area contributed by atoms with Crippen molar-refractivity contribution in [1.29, 1.82) is 0 Å². The molecule has 2 aromatic heterocycles. The number of carbonyl (C=O) groups excluding carboxylic acids is 1. The van der Waals surface area contributed by atoms with Crippen LogP contribution in [0.1, 0.15) is 19.4 Å². The number of H-pyrrole nitrogens is 2. The third-order valence-corrected chi connectivity index (χ3v) is 5.59. The van der Waals surface area contributed by atoms with Gasteiger partial charge in [0.15, 0.2) is 0 Å². The van der Waals surface area contributed by atoms with Gasteiger partial charge >= 0.3 is 6.09 Å². The molecule has 4 aromatic rings. The molecule has 0 spiro atoms. The summed E-state index contributed by atoms with van der Waals surface area (Å²) in [5.74, 6) is 0.307. The molecule has 2 N–H and O–H groups in total. The predicted molar refractivity (Wildman–Crippen MR) is 126 cm³/mol. The molecule has 33 heavy (non-hydrogen) atoms. The Morgan fingerprint density at radius 2 is 1.85 bits per heavy atom. The second-order valence-corrected chi connectivity index (χ2v) is 7.85. The SMILES string of the molecule is CCN(CC)C(=O)Oc1cccc(Cn2[nH]c(=O)c3[nH]c4cc(Cl)ccc4c(=O)c3c2=O)c1. The Hall–Kier alpha value is -3.85. The summed E-state index contributed by atoms with van der Waals surface area (Å²) < 4.78 is 6.46. The van der Waals surface area contributed by atoms with Crippen molar-refractivity contribution in [3.05, 3.63) is 84.0 Å². The summed E-state index contributed by atoms with van der Waals surface area (Å²) >= 11 is 5.98. The van der Waals surface area contributed by atoms with Gasteiger partial charge in [-0.15, -0.1) is 0 Å². The molecule has 0 radical (unpaired) electrons. The Kier molecular flexibility index (Phi) is 6.06. The summed E-state index contributed by atoms with van der Waals surface area (Å²) in [6.07, 6.45) is -0.480. The summed E-state index contributed by atoms with van der Waals surface area (Å²) in [6, 6.07) is 11.2. The van der Waals surface area contributed by atoms with Crippen LogP contribution in [0.2, 0.25) is 5.02 Å². The fraction of sp³-hybridized carbons (Fsp3) is 0.217.